The summed E-state index contributed by atoms with van der Waals surface area (Å²) in [5.74, 6) is 0. The third kappa shape index (κ3) is 2.90. The van der Waals surface area contributed by atoms with Crippen molar-refractivity contribution < 1.29 is 8.42 Å². The summed E-state index contributed by atoms with van der Waals surface area (Å²) in [6.07, 6.45) is 0. The first-order valence-corrected chi connectivity index (χ1v) is 9.88. The number of hydrogen-bond donors (Lipinski definition) is 0. The van der Waals surface area contributed by atoms with Crippen molar-refractivity contribution in [2.45, 2.75) is 11.8 Å². The highest BCUT2D eigenvalue weighted by Crippen LogP contribution is 2.32. The van der Waals surface area contributed by atoms with Crippen LogP contribution in [-0.4, -0.2) is 12.4 Å². The molecule has 0 aliphatic heterocycles. The van der Waals surface area contributed by atoms with E-state index in [1.807, 2.05) is 43.3 Å². The van der Waals surface area contributed by atoms with Crippen molar-refractivity contribution in [2.24, 2.45) is 0 Å². The molecule has 27 heavy (non-hydrogen) atoms. The highest BCUT2D eigenvalue weighted by atomic mass is 32.2. The Balaban J connectivity index is 2.06. The summed E-state index contributed by atoms with van der Waals surface area (Å²) < 4.78 is 28.3. The molecule has 0 saturated heterocycles. The number of fused-ring (bicyclic) bond motifs is 1. The topological polar surface area (TPSA) is 62.9 Å². The fourth-order valence-electron chi connectivity index (χ4n) is 3.14. The van der Waals surface area contributed by atoms with Crippen LogP contribution in [0.15, 0.2) is 83.8 Å². The minimum absolute atomic E-state index is 0.229. The first-order valence-electron chi connectivity index (χ1n) is 8.44. The molecule has 0 aliphatic rings. The van der Waals surface area contributed by atoms with Gasteiger partial charge in [0, 0.05) is 5.39 Å². The minimum Gasteiger partial charge on any atom is -0.233 e. The van der Waals surface area contributed by atoms with Crippen LogP contribution in [0.1, 0.15) is 11.1 Å². The summed E-state index contributed by atoms with van der Waals surface area (Å²) in [6.45, 7) is 1.92. The van der Waals surface area contributed by atoms with E-state index >= 15 is 0 Å². The van der Waals surface area contributed by atoms with Crippen LogP contribution in [0, 0.1) is 18.3 Å². The van der Waals surface area contributed by atoms with E-state index in [-0.39, 0.29) is 4.90 Å². The van der Waals surface area contributed by atoms with Gasteiger partial charge in [-0.1, -0.05) is 48.0 Å². The van der Waals surface area contributed by atoms with E-state index in [9.17, 15) is 13.7 Å². The number of nitrogens with zero attached hydrogens (tertiary/aromatic N) is 2. The fraction of sp³-hybridized carbons (Fsp3) is 0.0455. The molecule has 4 nitrogen and oxygen atoms in total. The quantitative estimate of drug-likeness (QED) is 0.522. The van der Waals surface area contributed by atoms with Crippen LogP contribution in [0.4, 0.5) is 0 Å². The Labute approximate surface area is 158 Å². The Kier molecular flexibility index (Phi) is 4.06. The average molecular weight is 372 g/mol. The lowest BCUT2D eigenvalue weighted by atomic mass is 10.1. The van der Waals surface area contributed by atoms with Crippen LogP contribution in [0.5, 0.6) is 0 Å². The van der Waals surface area contributed by atoms with E-state index in [2.05, 4.69) is 6.07 Å². The smallest absolute Gasteiger partial charge is 0.233 e. The molecule has 0 aliphatic carbocycles. The van der Waals surface area contributed by atoms with E-state index in [1.54, 1.807) is 42.5 Å². The highest BCUT2D eigenvalue weighted by molar-refractivity contribution is 7.90. The molecule has 4 rings (SSSR count). The Morgan fingerprint density at radius 3 is 2.26 bits per heavy atom. The summed E-state index contributed by atoms with van der Waals surface area (Å²) in [6, 6.07) is 25.2. The van der Waals surface area contributed by atoms with E-state index in [4.69, 9.17) is 0 Å². The first kappa shape index (κ1) is 17.1. The molecule has 0 fully saturated rings. The molecule has 5 heteroatoms. The number of hydrogen-bond acceptors (Lipinski definition) is 3. The standard InChI is InChI=1S/C22H16N2O2S/c1-16-7-10-20(11-8-16)27(25,26)24-21-12-9-17(15-23)13-19(21)14-22(24)18-5-3-2-4-6-18/h2-14H,1H3. The van der Waals surface area contributed by atoms with Crippen LogP contribution in [0.2, 0.25) is 0 Å². The number of benzene rings is 3. The van der Waals surface area contributed by atoms with Gasteiger partial charge in [0.05, 0.1) is 27.7 Å². The Morgan fingerprint density at radius 2 is 1.59 bits per heavy atom. The summed E-state index contributed by atoms with van der Waals surface area (Å²) in [5.41, 5.74) is 3.40. The van der Waals surface area contributed by atoms with E-state index in [0.717, 1.165) is 11.1 Å². The number of nitriles is 1. The van der Waals surface area contributed by atoms with Crippen LogP contribution in [0.25, 0.3) is 22.2 Å². The van der Waals surface area contributed by atoms with Crippen molar-refractivity contribution in [3.8, 4) is 17.3 Å². The van der Waals surface area contributed by atoms with Gasteiger partial charge in [0.2, 0.25) is 0 Å². The van der Waals surface area contributed by atoms with Gasteiger partial charge in [-0.15, -0.1) is 0 Å². The van der Waals surface area contributed by atoms with E-state index < -0.39 is 10.0 Å². The van der Waals surface area contributed by atoms with Gasteiger partial charge < -0.3 is 0 Å². The molecule has 0 radical (unpaired) electrons. The third-order valence-electron chi connectivity index (χ3n) is 4.52. The fourth-order valence-corrected chi connectivity index (χ4v) is 4.68. The second kappa shape index (κ2) is 6.42. The van der Waals surface area contributed by atoms with E-state index in [1.165, 1.54) is 3.97 Å². The monoisotopic (exact) mass is 372 g/mol. The van der Waals surface area contributed by atoms with Crippen molar-refractivity contribution in [2.75, 3.05) is 0 Å². The van der Waals surface area contributed by atoms with Crippen LogP contribution >= 0.6 is 0 Å². The number of rotatable bonds is 3. The van der Waals surface area contributed by atoms with Crippen molar-refractivity contribution in [1.29, 1.82) is 5.26 Å². The normalized spacial score (nSPS) is 11.4. The lowest BCUT2D eigenvalue weighted by molar-refractivity contribution is 0.589. The van der Waals surface area contributed by atoms with Crippen LogP contribution in [-0.2, 0) is 10.0 Å². The second-order valence-electron chi connectivity index (χ2n) is 6.36. The van der Waals surface area contributed by atoms with Crippen molar-refractivity contribution in [1.82, 2.24) is 3.97 Å². The van der Waals surface area contributed by atoms with Gasteiger partial charge in [0.25, 0.3) is 10.0 Å². The second-order valence-corrected chi connectivity index (χ2v) is 8.15. The molecule has 0 bridgehead atoms. The molecule has 4 aromatic rings. The van der Waals surface area contributed by atoms with Gasteiger partial charge in [0.1, 0.15) is 0 Å². The Morgan fingerprint density at radius 1 is 0.889 bits per heavy atom. The average Bonchev–Trinajstić information content (AvgIpc) is 3.08. The Hall–Kier alpha value is -3.36. The SMILES string of the molecule is Cc1ccc(S(=O)(=O)n2c(-c3ccccc3)cc3cc(C#N)ccc32)cc1. The maximum Gasteiger partial charge on any atom is 0.268 e. The zero-order valence-electron chi connectivity index (χ0n) is 14.6. The molecule has 0 spiro atoms. The summed E-state index contributed by atoms with van der Waals surface area (Å²) in [7, 11) is -3.80. The van der Waals surface area contributed by atoms with Gasteiger partial charge in [-0.2, -0.15) is 5.26 Å². The van der Waals surface area contributed by atoms with Crippen molar-refractivity contribution in [3.05, 3.63) is 90.0 Å². The minimum atomic E-state index is -3.80. The van der Waals surface area contributed by atoms with Gasteiger partial charge in [-0.3, -0.25) is 0 Å². The Bertz CT molecular complexity index is 1280. The zero-order chi connectivity index (χ0) is 19.0. The highest BCUT2D eigenvalue weighted by Gasteiger charge is 2.24. The molecular formula is C22H16N2O2S. The number of aromatic nitrogens is 1. The lowest BCUT2D eigenvalue weighted by Gasteiger charge is -2.12. The van der Waals surface area contributed by atoms with Gasteiger partial charge >= 0.3 is 0 Å². The summed E-state index contributed by atoms with van der Waals surface area (Å²) >= 11 is 0. The summed E-state index contributed by atoms with van der Waals surface area (Å²) in [5, 5.41) is 9.89. The molecule has 0 unspecified atom stereocenters. The third-order valence-corrected chi connectivity index (χ3v) is 6.26. The molecule has 1 aromatic heterocycles. The molecule has 1 heterocycles. The van der Waals surface area contributed by atoms with Crippen molar-refractivity contribution >= 4 is 20.9 Å². The maximum atomic E-state index is 13.5. The maximum absolute atomic E-state index is 13.5. The molecule has 3 aromatic carbocycles. The molecule has 0 saturated carbocycles. The molecule has 0 N–H and O–H groups in total. The van der Waals surface area contributed by atoms with Gasteiger partial charge in [0.15, 0.2) is 0 Å². The predicted octanol–water partition coefficient (Wildman–Crippen LogP) is 4.73. The van der Waals surface area contributed by atoms with Crippen LogP contribution in [0.3, 0.4) is 0 Å². The van der Waals surface area contributed by atoms with Crippen LogP contribution < -0.4 is 0 Å². The van der Waals surface area contributed by atoms with Crippen molar-refractivity contribution in [3.63, 3.8) is 0 Å². The van der Waals surface area contributed by atoms with Gasteiger partial charge in [-0.05, 0) is 48.9 Å². The largest absolute Gasteiger partial charge is 0.268 e. The summed E-state index contributed by atoms with van der Waals surface area (Å²) in [4.78, 5) is 0.229. The predicted molar refractivity (Wildman–Crippen MR) is 106 cm³/mol. The zero-order valence-corrected chi connectivity index (χ0v) is 15.4. The molecular weight excluding hydrogens is 356 g/mol. The number of aryl methyl sites for hydroxylation is 1. The molecule has 132 valence electrons. The molecule has 0 atom stereocenters. The lowest BCUT2D eigenvalue weighted by Crippen LogP contribution is -2.14. The van der Waals surface area contributed by atoms with Gasteiger partial charge in [-0.25, -0.2) is 12.4 Å². The van der Waals surface area contributed by atoms with E-state index in [0.29, 0.717) is 22.2 Å². The first-order chi connectivity index (χ1) is 13.0. The molecule has 0 amide bonds.